The van der Waals surface area contributed by atoms with Crippen molar-refractivity contribution in [2.75, 3.05) is 13.1 Å². The van der Waals surface area contributed by atoms with Gasteiger partial charge in [0.1, 0.15) is 6.04 Å². The Balaban J connectivity index is 1.63. The number of rotatable bonds is 12. The summed E-state index contributed by atoms with van der Waals surface area (Å²) in [7, 11) is 0. The third-order valence-corrected chi connectivity index (χ3v) is 6.88. The number of carbonyl (C=O) groups excluding carboxylic acids is 2. The van der Waals surface area contributed by atoms with Gasteiger partial charge >= 0.3 is 0 Å². The maximum atomic E-state index is 14.3. The first-order valence-corrected chi connectivity index (χ1v) is 13.1. The Morgan fingerprint density at radius 2 is 1.18 bits per heavy atom. The fourth-order valence-corrected chi connectivity index (χ4v) is 4.86. The van der Waals surface area contributed by atoms with Crippen LogP contribution in [0.25, 0.3) is 11.1 Å². The summed E-state index contributed by atoms with van der Waals surface area (Å²) in [6, 6.07) is 37.2. The van der Waals surface area contributed by atoms with Crippen molar-refractivity contribution >= 4 is 11.8 Å². The van der Waals surface area contributed by atoms with Crippen LogP contribution < -0.4 is 11.5 Å². The molecule has 0 aliphatic rings. The van der Waals surface area contributed by atoms with E-state index in [0.29, 0.717) is 32.4 Å². The van der Waals surface area contributed by atoms with Gasteiger partial charge in [0.25, 0.3) is 0 Å². The fourth-order valence-electron chi connectivity index (χ4n) is 4.86. The van der Waals surface area contributed by atoms with Gasteiger partial charge in [-0.25, -0.2) is 0 Å². The van der Waals surface area contributed by atoms with Gasteiger partial charge in [0.15, 0.2) is 0 Å². The van der Waals surface area contributed by atoms with Gasteiger partial charge in [-0.3, -0.25) is 9.59 Å². The molecule has 0 spiro atoms. The van der Waals surface area contributed by atoms with Crippen molar-refractivity contribution in [3.05, 3.63) is 132 Å². The van der Waals surface area contributed by atoms with Gasteiger partial charge in [-0.05, 0) is 53.6 Å². The van der Waals surface area contributed by atoms with E-state index in [0.717, 1.165) is 27.8 Å². The molecule has 4 rings (SSSR count). The number of hydrogen-bond donors (Lipinski definition) is 2. The first kappa shape index (κ1) is 26.8. The lowest BCUT2D eigenvalue weighted by molar-refractivity contribution is -0.140. The molecular formula is C33H35N3O2. The molecule has 0 radical (unpaired) electrons. The Kier molecular flexibility index (Phi) is 9.43. The Hall–Kier alpha value is -4.22. The number of amides is 2. The predicted molar refractivity (Wildman–Crippen MR) is 153 cm³/mol. The molecule has 0 bridgehead atoms. The summed E-state index contributed by atoms with van der Waals surface area (Å²) in [5.74, 6) is -1.19. The standard InChI is InChI=1S/C33H35N3O2/c34-23-10-17-30(32(35)37)36(24-22-25-18-20-27(21-19-25)26-11-4-1-5-12-26)33(38)31(28-13-6-2-7-14-28)29-15-8-3-9-16-29/h1-9,11-16,18-21,30-31H,10,17,22-24,34H2,(H2,35,37)/t30-/m1/s1. The van der Waals surface area contributed by atoms with Gasteiger partial charge < -0.3 is 16.4 Å². The van der Waals surface area contributed by atoms with Crippen LogP contribution >= 0.6 is 0 Å². The van der Waals surface area contributed by atoms with Crippen LogP contribution in [0.3, 0.4) is 0 Å². The van der Waals surface area contributed by atoms with Crippen molar-refractivity contribution < 1.29 is 9.59 Å². The van der Waals surface area contributed by atoms with Gasteiger partial charge in [-0.15, -0.1) is 0 Å². The molecule has 0 saturated carbocycles. The van der Waals surface area contributed by atoms with Crippen molar-refractivity contribution in [3.63, 3.8) is 0 Å². The first-order valence-electron chi connectivity index (χ1n) is 13.1. The average Bonchev–Trinajstić information content (AvgIpc) is 2.96. The zero-order valence-electron chi connectivity index (χ0n) is 21.6. The molecule has 4 aromatic rings. The highest BCUT2D eigenvalue weighted by Gasteiger charge is 2.34. The van der Waals surface area contributed by atoms with Crippen LogP contribution in [0.5, 0.6) is 0 Å². The van der Waals surface area contributed by atoms with E-state index < -0.39 is 17.9 Å². The normalized spacial score (nSPS) is 11.7. The monoisotopic (exact) mass is 505 g/mol. The minimum atomic E-state index is -0.732. The van der Waals surface area contributed by atoms with Gasteiger partial charge in [0.05, 0.1) is 5.92 Å². The molecule has 0 unspecified atom stereocenters. The van der Waals surface area contributed by atoms with Crippen LogP contribution in [0.15, 0.2) is 115 Å². The van der Waals surface area contributed by atoms with Crippen LogP contribution in [0.1, 0.15) is 35.4 Å². The number of benzene rings is 4. The Morgan fingerprint density at radius 1 is 0.684 bits per heavy atom. The minimum Gasteiger partial charge on any atom is -0.368 e. The lowest BCUT2D eigenvalue weighted by atomic mass is 9.89. The van der Waals surface area contributed by atoms with Crippen molar-refractivity contribution in [1.29, 1.82) is 0 Å². The molecule has 38 heavy (non-hydrogen) atoms. The molecule has 0 fully saturated rings. The van der Waals surface area contributed by atoms with Crippen LogP contribution in [-0.2, 0) is 16.0 Å². The maximum absolute atomic E-state index is 14.3. The third-order valence-electron chi connectivity index (χ3n) is 6.88. The van der Waals surface area contributed by atoms with Crippen molar-refractivity contribution in [2.24, 2.45) is 11.5 Å². The predicted octanol–water partition coefficient (Wildman–Crippen LogP) is 5.15. The van der Waals surface area contributed by atoms with Crippen molar-refractivity contribution in [3.8, 4) is 11.1 Å². The van der Waals surface area contributed by atoms with Crippen LogP contribution in [0.4, 0.5) is 0 Å². The van der Waals surface area contributed by atoms with Crippen LogP contribution in [-0.4, -0.2) is 35.8 Å². The topological polar surface area (TPSA) is 89.4 Å². The SMILES string of the molecule is NCCC[C@H](C(N)=O)N(CCc1ccc(-c2ccccc2)cc1)C(=O)C(c1ccccc1)c1ccccc1. The summed E-state index contributed by atoms with van der Waals surface area (Å²) in [4.78, 5) is 28.6. The van der Waals surface area contributed by atoms with E-state index in [1.165, 1.54) is 0 Å². The molecule has 5 nitrogen and oxygen atoms in total. The van der Waals surface area contributed by atoms with Crippen LogP contribution in [0, 0.1) is 0 Å². The second-order valence-corrected chi connectivity index (χ2v) is 9.45. The largest absolute Gasteiger partial charge is 0.368 e. The van der Waals surface area contributed by atoms with E-state index in [2.05, 4.69) is 36.4 Å². The van der Waals surface area contributed by atoms with E-state index in [1.54, 1.807) is 4.90 Å². The van der Waals surface area contributed by atoms with E-state index in [9.17, 15) is 9.59 Å². The summed E-state index contributed by atoms with van der Waals surface area (Å²) < 4.78 is 0. The summed E-state index contributed by atoms with van der Waals surface area (Å²) in [5, 5.41) is 0. The third kappa shape index (κ3) is 6.75. The van der Waals surface area contributed by atoms with Gasteiger partial charge in [-0.1, -0.05) is 115 Å². The number of hydrogen-bond acceptors (Lipinski definition) is 3. The molecule has 0 aromatic heterocycles. The summed E-state index contributed by atoms with van der Waals surface area (Å²) in [6.45, 7) is 0.797. The highest BCUT2D eigenvalue weighted by atomic mass is 16.2. The van der Waals surface area contributed by atoms with E-state index in [4.69, 9.17) is 11.5 Å². The molecule has 0 aliphatic carbocycles. The van der Waals surface area contributed by atoms with Gasteiger partial charge in [-0.2, -0.15) is 0 Å². The lowest BCUT2D eigenvalue weighted by Crippen LogP contribution is -2.50. The lowest BCUT2D eigenvalue weighted by Gasteiger charge is -2.33. The zero-order valence-corrected chi connectivity index (χ0v) is 21.6. The van der Waals surface area contributed by atoms with Gasteiger partial charge in [0, 0.05) is 6.54 Å². The van der Waals surface area contributed by atoms with E-state index >= 15 is 0 Å². The molecule has 0 saturated heterocycles. The summed E-state index contributed by atoms with van der Waals surface area (Å²) in [5.41, 5.74) is 16.8. The first-order chi connectivity index (χ1) is 18.6. The minimum absolute atomic E-state index is 0.135. The maximum Gasteiger partial charge on any atom is 0.240 e. The van der Waals surface area contributed by atoms with E-state index in [-0.39, 0.29) is 5.91 Å². The Labute approximate surface area is 225 Å². The van der Waals surface area contributed by atoms with Gasteiger partial charge in [0.2, 0.25) is 11.8 Å². The number of primary amides is 1. The quantitative estimate of drug-likeness (QED) is 0.279. The van der Waals surface area contributed by atoms with Crippen LogP contribution in [0.2, 0.25) is 0 Å². The molecule has 2 amide bonds. The molecule has 4 aromatic carbocycles. The summed E-state index contributed by atoms with van der Waals surface area (Å²) in [6.07, 6.45) is 1.63. The fraction of sp³-hybridized carbons (Fsp3) is 0.212. The highest BCUT2D eigenvalue weighted by Crippen LogP contribution is 2.29. The molecular weight excluding hydrogens is 470 g/mol. The number of carbonyl (C=O) groups is 2. The van der Waals surface area contributed by atoms with Crippen molar-refractivity contribution in [2.45, 2.75) is 31.2 Å². The molecule has 0 aliphatic heterocycles. The molecule has 4 N–H and O–H groups in total. The number of nitrogens with zero attached hydrogens (tertiary/aromatic N) is 1. The molecule has 5 heteroatoms. The Bertz CT molecular complexity index is 1250. The molecule has 194 valence electrons. The Morgan fingerprint density at radius 3 is 1.68 bits per heavy atom. The van der Waals surface area contributed by atoms with E-state index in [1.807, 2.05) is 78.9 Å². The number of nitrogens with two attached hydrogens (primary N) is 2. The van der Waals surface area contributed by atoms with Crippen molar-refractivity contribution in [1.82, 2.24) is 4.90 Å². The molecule has 0 heterocycles. The zero-order chi connectivity index (χ0) is 26.7. The summed E-state index contributed by atoms with van der Waals surface area (Å²) >= 11 is 0. The smallest absolute Gasteiger partial charge is 0.240 e. The average molecular weight is 506 g/mol. The second kappa shape index (κ2) is 13.4. The highest BCUT2D eigenvalue weighted by molar-refractivity contribution is 5.92. The molecule has 1 atom stereocenters. The second-order valence-electron chi connectivity index (χ2n) is 9.45.